The molecule has 0 spiro atoms. The van der Waals surface area contributed by atoms with Crippen LogP contribution in [0.3, 0.4) is 0 Å². The van der Waals surface area contributed by atoms with Crippen molar-refractivity contribution in [2.45, 2.75) is 57.5 Å². The van der Waals surface area contributed by atoms with Gasteiger partial charge in [0, 0.05) is 12.5 Å². The van der Waals surface area contributed by atoms with Gasteiger partial charge in [-0.25, -0.2) is 0 Å². The first-order chi connectivity index (χ1) is 7.32. The number of aldehydes is 1. The lowest BCUT2D eigenvalue weighted by Crippen LogP contribution is -2.39. The third-order valence-electron chi connectivity index (χ3n) is 4.51. The standard InChI is InChI=1S/C13H22O2/c1-15-12-7-5-6-11(12)13(10-14)8-3-2-4-9-13/h10-12H,2-9H2,1H3/t11-,12+/m0/s1. The van der Waals surface area contributed by atoms with Gasteiger partial charge in [-0.05, 0) is 31.6 Å². The highest BCUT2D eigenvalue weighted by molar-refractivity contribution is 5.60. The highest BCUT2D eigenvalue weighted by atomic mass is 16.5. The number of methoxy groups -OCH3 is 1. The smallest absolute Gasteiger partial charge is 0.126 e. The predicted octanol–water partition coefficient (Wildman–Crippen LogP) is 2.95. The molecule has 2 aliphatic rings. The summed E-state index contributed by atoms with van der Waals surface area (Å²) in [4.78, 5) is 11.5. The molecule has 2 nitrogen and oxygen atoms in total. The van der Waals surface area contributed by atoms with Crippen LogP contribution in [0.2, 0.25) is 0 Å². The van der Waals surface area contributed by atoms with E-state index in [1.807, 2.05) is 0 Å². The van der Waals surface area contributed by atoms with E-state index in [0.717, 1.165) is 19.3 Å². The monoisotopic (exact) mass is 210 g/mol. The Labute approximate surface area is 92.4 Å². The lowest BCUT2D eigenvalue weighted by Gasteiger charge is -2.39. The minimum Gasteiger partial charge on any atom is -0.381 e. The summed E-state index contributed by atoms with van der Waals surface area (Å²) in [5.41, 5.74) is -0.0323. The van der Waals surface area contributed by atoms with E-state index in [9.17, 15) is 4.79 Å². The van der Waals surface area contributed by atoms with E-state index >= 15 is 0 Å². The predicted molar refractivity (Wildman–Crippen MR) is 59.7 cm³/mol. The summed E-state index contributed by atoms with van der Waals surface area (Å²) >= 11 is 0. The summed E-state index contributed by atoms with van der Waals surface area (Å²) in [5, 5.41) is 0. The quantitative estimate of drug-likeness (QED) is 0.669. The Bertz CT molecular complexity index is 219. The minimum absolute atomic E-state index is 0.0323. The van der Waals surface area contributed by atoms with Crippen molar-refractivity contribution < 1.29 is 9.53 Å². The van der Waals surface area contributed by atoms with Gasteiger partial charge in [-0.3, -0.25) is 0 Å². The molecule has 0 amide bonds. The number of carbonyl (C=O) groups is 1. The van der Waals surface area contributed by atoms with Crippen molar-refractivity contribution >= 4 is 6.29 Å². The molecule has 0 unspecified atom stereocenters. The van der Waals surface area contributed by atoms with Gasteiger partial charge in [-0.15, -0.1) is 0 Å². The average Bonchev–Trinajstić information content (AvgIpc) is 2.78. The maximum absolute atomic E-state index is 11.5. The molecule has 0 saturated heterocycles. The van der Waals surface area contributed by atoms with Crippen molar-refractivity contribution in [3.63, 3.8) is 0 Å². The van der Waals surface area contributed by atoms with Gasteiger partial charge in [0.25, 0.3) is 0 Å². The summed E-state index contributed by atoms with van der Waals surface area (Å²) in [6.07, 6.45) is 11.1. The van der Waals surface area contributed by atoms with Crippen LogP contribution in [-0.4, -0.2) is 19.5 Å². The molecule has 2 heteroatoms. The zero-order valence-electron chi connectivity index (χ0n) is 9.71. The molecular weight excluding hydrogens is 188 g/mol. The molecule has 0 radical (unpaired) electrons. The molecular formula is C13H22O2. The molecule has 0 N–H and O–H groups in total. The largest absolute Gasteiger partial charge is 0.381 e. The number of ether oxygens (including phenoxy) is 1. The van der Waals surface area contributed by atoms with Crippen molar-refractivity contribution in [1.82, 2.24) is 0 Å². The van der Waals surface area contributed by atoms with Crippen LogP contribution in [0.4, 0.5) is 0 Å². The maximum atomic E-state index is 11.5. The third-order valence-corrected chi connectivity index (χ3v) is 4.51. The van der Waals surface area contributed by atoms with Crippen molar-refractivity contribution in [3.05, 3.63) is 0 Å². The van der Waals surface area contributed by atoms with Gasteiger partial charge >= 0.3 is 0 Å². The molecule has 2 rings (SSSR count). The molecule has 2 saturated carbocycles. The fourth-order valence-corrected chi connectivity index (χ4v) is 3.65. The van der Waals surface area contributed by atoms with E-state index in [4.69, 9.17) is 4.74 Å². The molecule has 0 aliphatic heterocycles. The Morgan fingerprint density at radius 1 is 1.13 bits per heavy atom. The third kappa shape index (κ3) is 1.96. The highest BCUT2D eigenvalue weighted by Gasteiger charge is 2.45. The van der Waals surface area contributed by atoms with Crippen LogP contribution in [0.15, 0.2) is 0 Å². The van der Waals surface area contributed by atoms with E-state index < -0.39 is 0 Å². The molecule has 86 valence electrons. The fraction of sp³-hybridized carbons (Fsp3) is 0.923. The Hall–Kier alpha value is -0.370. The Balaban J connectivity index is 2.13. The van der Waals surface area contributed by atoms with Crippen molar-refractivity contribution in [1.29, 1.82) is 0 Å². The van der Waals surface area contributed by atoms with Crippen LogP contribution < -0.4 is 0 Å². The first-order valence-electron chi connectivity index (χ1n) is 6.31. The molecule has 2 atom stereocenters. The molecule has 0 aromatic rings. The number of rotatable bonds is 3. The highest BCUT2D eigenvalue weighted by Crippen LogP contribution is 2.48. The van der Waals surface area contributed by atoms with E-state index in [0.29, 0.717) is 12.0 Å². The summed E-state index contributed by atoms with van der Waals surface area (Å²) in [6, 6.07) is 0. The van der Waals surface area contributed by atoms with Crippen LogP contribution in [0.5, 0.6) is 0 Å². The zero-order chi connectivity index (χ0) is 10.7. The lowest BCUT2D eigenvalue weighted by molar-refractivity contribution is -0.124. The van der Waals surface area contributed by atoms with E-state index in [1.54, 1.807) is 7.11 Å². The van der Waals surface area contributed by atoms with Crippen molar-refractivity contribution in [2.24, 2.45) is 11.3 Å². The molecule has 0 aromatic carbocycles. The number of hydrogen-bond acceptors (Lipinski definition) is 2. The fourth-order valence-electron chi connectivity index (χ4n) is 3.65. The second-order valence-electron chi connectivity index (χ2n) is 5.22. The van der Waals surface area contributed by atoms with E-state index in [-0.39, 0.29) is 5.41 Å². The van der Waals surface area contributed by atoms with E-state index in [2.05, 4.69) is 0 Å². The lowest BCUT2D eigenvalue weighted by atomic mass is 9.65. The Kier molecular flexibility index (Phi) is 3.45. The summed E-state index contributed by atoms with van der Waals surface area (Å²) in [6.45, 7) is 0. The number of carbonyl (C=O) groups excluding carboxylic acids is 1. The van der Waals surface area contributed by atoms with Gasteiger partial charge in [0.05, 0.1) is 6.10 Å². The van der Waals surface area contributed by atoms with Crippen molar-refractivity contribution in [3.8, 4) is 0 Å². The van der Waals surface area contributed by atoms with Crippen LogP contribution in [-0.2, 0) is 9.53 Å². The van der Waals surface area contributed by atoms with Crippen LogP contribution >= 0.6 is 0 Å². The molecule has 2 aliphatic carbocycles. The van der Waals surface area contributed by atoms with Crippen LogP contribution in [0.25, 0.3) is 0 Å². The van der Waals surface area contributed by atoms with Gasteiger partial charge in [0.2, 0.25) is 0 Å². The van der Waals surface area contributed by atoms with Gasteiger partial charge in [-0.2, -0.15) is 0 Å². The SMILES string of the molecule is CO[C@@H]1CCC[C@@H]1C1(C=O)CCCCC1. The second-order valence-corrected chi connectivity index (χ2v) is 5.22. The molecule has 0 bridgehead atoms. The Morgan fingerprint density at radius 3 is 2.47 bits per heavy atom. The maximum Gasteiger partial charge on any atom is 0.126 e. The van der Waals surface area contributed by atoms with Gasteiger partial charge in [-0.1, -0.05) is 25.7 Å². The zero-order valence-corrected chi connectivity index (χ0v) is 9.71. The first-order valence-corrected chi connectivity index (χ1v) is 6.31. The van der Waals surface area contributed by atoms with Gasteiger partial charge in [0.1, 0.15) is 6.29 Å². The summed E-state index contributed by atoms with van der Waals surface area (Å²) < 4.78 is 5.54. The normalized spacial score (nSPS) is 35.3. The topological polar surface area (TPSA) is 26.3 Å². The molecule has 15 heavy (non-hydrogen) atoms. The Morgan fingerprint density at radius 2 is 1.87 bits per heavy atom. The van der Waals surface area contributed by atoms with Gasteiger partial charge < -0.3 is 9.53 Å². The summed E-state index contributed by atoms with van der Waals surface area (Å²) in [7, 11) is 1.80. The molecule has 0 aromatic heterocycles. The second kappa shape index (κ2) is 4.65. The van der Waals surface area contributed by atoms with Crippen LogP contribution in [0, 0.1) is 11.3 Å². The summed E-state index contributed by atoms with van der Waals surface area (Å²) in [5.74, 6) is 0.500. The minimum atomic E-state index is -0.0323. The van der Waals surface area contributed by atoms with Crippen molar-refractivity contribution in [2.75, 3.05) is 7.11 Å². The molecule has 2 fully saturated rings. The van der Waals surface area contributed by atoms with Crippen LogP contribution in [0.1, 0.15) is 51.4 Å². The van der Waals surface area contributed by atoms with E-state index in [1.165, 1.54) is 38.4 Å². The average molecular weight is 210 g/mol. The first kappa shape index (κ1) is 11.1. The number of hydrogen-bond donors (Lipinski definition) is 0. The van der Waals surface area contributed by atoms with Gasteiger partial charge in [0.15, 0.2) is 0 Å². The molecule has 0 heterocycles.